The molecule has 0 unspecified atom stereocenters. The van der Waals surface area contributed by atoms with E-state index in [-0.39, 0.29) is 5.75 Å². The lowest BCUT2D eigenvalue weighted by Gasteiger charge is -1.91. The van der Waals surface area contributed by atoms with Crippen LogP contribution in [0.4, 0.5) is 0 Å². The van der Waals surface area contributed by atoms with E-state index in [9.17, 15) is 4.79 Å². The third-order valence-corrected chi connectivity index (χ3v) is 2.69. The third kappa shape index (κ3) is 2.22. The topological polar surface area (TPSA) is 108 Å². The van der Waals surface area contributed by atoms with Crippen molar-refractivity contribution in [1.82, 2.24) is 25.4 Å². The van der Waals surface area contributed by atoms with Gasteiger partial charge in [0.1, 0.15) is 5.69 Å². The molecule has 84 valence electrons. The first-order valence-electron chi connectivity index (χ1n) is 4.44. The van der Waals surface area contributed by atoms with Gasteiger partial charge in [-0.2, -0.15) is 10.1 Å². The maximum Gasteiger partial charge on any atom is 0.313 e. The maximum absolute atomic E-state index is 10.4. The highest BCUT2D eigenvalue weighted by Crippen LogP contribution is 2.19. The van der Waals surface area contributed by atoms with E-state index in [4.69, 9.17) is 5.11 Å². The number of carboxylic acids is 1. The average molecular weight is 239 g/mol. The summed E-state index contributed by atoms with van der Waals surface area (Å²) in [6.45, 7) is 1.89. The Balaban J connectivity index is 2.14. The van der Waals surface area contributed by atoms with Crippen LogP contribution in [-0.4, -0.2) is 42.2 Å². The van der Waals surface area contributed by atoms with Gasteiger partial charge < -0.3 is 5.11 Å². The lowest BCUT2D eigenvalue weighted by atomic mass is 10.3. The molecule has 3 N–H and O–H groups in total. The van der Waals surface area contributed by atoms with Gasteiger partial charge in [0.05, 0.1) is 11.9 Å². The lowest BCUT2D eigenvalue weighted by Crippen LogP contribution is -1.97. The van der Waals surface area contributed by atoms with Crippen LogP contribution in [0.15, 0.2) is 11.4 Å². The molecule has 0 fully saturated rings. The van der Waals surface area contributed by atoms with Crippen LogP contribution in [0.25, 0.3) is 11.5 Å². The summed E-state index contributed by atoms with van der Waals surface area (Å²) in [6, 6.07) is 0. The van der Waals surface area contributed by atoms with Crippen molar-refractivity contribution in [2.75, 3.05) is 5.75 Å². The fourth-order valence-electron chi connectivity index (χ4n) is 1.14. The molecule has 0 radical (unpaired) electrons. The molecule has 0 aliphatic heterocycles. The van der Waals surface area contributed by atoms with E-state index in [1.807, 2.05) is 6.92 Å². The first-order valence-corrected chi connectivity index (χ1v) is 5.42. The van der Waals surface area contributed by atoms with Crippen LogP contribution < -0.4 is 0 Å². The number of hydrogen-bond acceptors (Lipinski definition) is 5. The maximum atomic E-state index is 10.4. The van der Waals surface area contributed by atoms with Crippen LogP contribution in [-0.2, 0) is 4.79 Å². The van der Waals surface area contributed by atoms with Crippen molar-refractivity contribution in [2.45, 2.75) is 12.1 Å². The molecule has 0 saturated carbocycles. The lowest BCUT2D eigenvalue weighted by molar-refractivity contribution is -0.133. The fraction of sp³-hybridized carbons (Fsp3) is 0.250. The molecule has 2 aromatic rings. The minimum absolute atomic E-state index is 0.0563. The minimum Gasteiger partial charge on any atom is -0.481 e. The number of aromatic nitrogens is 5. The molecule has 0 amide bonds. The largest absolute Gasteiger partial charge is 0.481 e. The Morgan fingerprint density at radius 3 is 3.00 bits per heavy atom. The van der Waals surface area contributed by atoms with Crippen LogP contribution in [0, 0.1) is 6.92 Å². The summed E-state index contributed by atoms with van der Waals surface area (Å²) in [4.78, 5) is 14.5. The van der Waals surface area contributed by atoms with Crippen molar-refractivity contribution in [3.63, 3.8) is 0 Å². The van der Waals surface area contributed by atoms with Crippen molar-refractivity contribution < 1.29 is 9.90 Å². The SMILES string of the molecule is Cc1cn[nH]c1-c1nc(SCC(=O)O)n[nH]1. The molecule has 7 nitrogen and oxygen atoms in total. The Morgan fingerprint density at radius 2 is 2.38 bits per heavy atom. The van der Waals surface area contributed by atoms with Gasteiger partial charge in [0.15, 0.2) is 5.82 Å². The summed E-state index contributed by atoms with van der Waals surface area (Å²) in [5.41, 5.74) is 1.71. The molecule has 0 spiro atoms. The number of hydrogen-bond donors (Lipinski definition) is 3. The summed E-state index contributed by atoms with van der Waals surface area (Å²) in [7, 11) is 0. The Morgan fingerprint density at radius 1 is 1.56 bits per heavy atom. The van der Waals surface area contributed by atoms with E-state index in [1.165, 1.54) is 0 Å². The highest BCUT2D eigenvalue weighted by molar-refractivity contribution is 7.99. The van der Waals surface area contributed by atoms with Crippen LogP contribution in [0.5, 0.6) is 0 Å². The normalized spacial score (nSPS) is 10.6. The van der Waals surface area contributed by atoms with Crippen LogP contribution >= 0.6 is 11.8 Å². The monoisotopic (exact) mass is 239 g/mol. The standard InChI is InChI=1S/C8H9N5O2S/c1-4-2-9-11-6(4)7-10-8(13-12-7)16-3-5(14)15/h2H,3H2,1H3,(H,9,11)(H,14,15)(H,10,12,13). The molecule has 0 aliphatic carbocycles. The number of aliphatic carboxylic acids is 1. The second-order valence-corrected chi connectivity index (χ2v) is 4.02. The van der Waals surface area contributed by atoms with Gasteiger partial charge in [-0.3, -0.25) is 15.0 Å². The quantitative estimate of drug-likeness (QED) is 0.677. The molecular weight excluding hydrogens is 230 g/mol. The smallest absolute Gasteiger partial charge is 0.313 e. The Labute approximate surface area is 94.7 Å². The molecule has 2 heterocycles. The molecule has 0 aromatic carbocycles. The molecule has 2 rings (SSSR count). The number of rotatable bonds is 4. The van der Waals surface area contributed by atoms with Gasteiger partial charge in [0, 0.05) is 0 Å². The predicted octanol–water partition coefficient (Wildman–Crippen LogP) is 0.680. The van der Waals surface area contributed by atoms with Crippen molar-refractivity contribution in [3.05, 3.63) is 11.8 Å². The van der Waals surface area contributed by atoms with Crippen LogP contribution in [0.1, 0.15) is 5.56 Å². The van der Waals surface area contributed by atoms with E-state index in [0.29, 0.717) is 11.0 Å². The highest BCUT2D eigenvalue weighted by atomic mass is 32.2. The zero-order valence-electron chi connectivity index (χ0n) is 8.39. The van der Waals surface area contributed by atoms with Gasteiger partial charge in [0.25, 0.3) is 0 Å². The van der Waals surface area contributed by atoms with E-state index in [0.717, 1.165) is 23.0 Å². The molecule has 16 heavy (non-hydrogen) atoms. The number of thioether (sulfide) groups is 1. The number of nitrogens with one attached hydrogen (secondary N) is 2. The summed E-state index contributed by atoms with van der Waals surface area (Å²) < 4.78 is 0. The Bertz CT molecular complexity index is 506. The van der Waals surface area contributed by atoms with E-state index >= 15 is 0 Å². The molecule has 0 saturated heterocycles. The van der Waals surface area contributed by atoms with E-state index in [2.05, 4.69) is 25.4 Å². The van der Waals surface area contributed by atoms with Crippen molar-refractivity contribution >= 4 is 17.7 Å². The molecule has 2 aromatic heterocycles. The van der Waals surface area contributed by atoms with Crippen molar-refractivity contribution in [3.8, 4) is 11.5 Å². The Hall–Kier alpha value is -1.83. The molecular formula is C8H9N5O2S. The van der Waals surface area contributed by atoms with Gasteiger partial charge in [-0.25, -0.2) is 0 Å². The number of carboxylic acid groups (broad SMARTS) is 1. The van der Waals surface area contributed by atoms with Gasteiger partial charge in [-0.15, -0.1) is 5.10 Å². The van der Waals surface area contributed by atoms with Crippen LogP contribution in [0.2, 0.25) is 0 Å². The van der Waals surface area contributed by atoms with Gasteiger partial charge in [-0.1, -0.05) is 11.8 Å². The van der Waals surface area contributed by atoms with Gasteiger partial charge in [-0.05, 0) is 12.5 Å². The van der Waals surface area contributed by atoms with E-state index in [1.54, 1.807) is 6.20 Å². The van der Waals surface area contributed by atoms with E-state index < -0.39 is 5.97 Å². The zero-order chi connectivity index (χ0) is 11.5. The summed E-state index contributed by atoms with van der Waals surface area (Å²) in [5.74, 6) is -0.392. The number of nitrogens with zero attached hydrogens (tertiary/aromatic N) is 3. The van der Waals surface area contributed by atoms with Gasteiger partial charge >= 0.3 is 5.97 Å². The minimum atomic E-state index is -0.894. The second-order valence-electron chi connectivity index (χ2n) is 3.08. The first-order chi connectivity index (χ1) is 7.66. The fourth-order valence-corrected chi connectivity index (χ4v) is 1.65. The number of aromatic amines is 2. The molecule has 0 aliphatic rings. The average Bonchev–Trinajstić information content (AvgIpc) is 2.83. The molecule has 8 heteroatoms. The van der Waals surface area contributed by atoms with Crippen molar-refractivity contribution in [1.29, 1.82) is 0 Å². The predicted molar refractivity (Wildman–Crippen MR) is 57.1 cm³/mol. The summed E-state index contributed by atoms with van der Waals surface area (Å²) in [5, 5.41) is 22.2. The molecule has 0 bridgehead atoms. The summed E-state index contributed by atoms with van der Waals surface area (Å²) in [6.07, 6.45) is 1.68. The first kappa shape index (κ1) is 10.7. The van der Waals surface area contributed by atoms with Gasteiger partial charge in [0.2, 0.25) is 5.16 Å². The number of H-pyrrole nitrogens is 2. The van der Waals surface area contributed by atoms with Crippen molar-refractivity contribution in [2.24, 2.45) is 0 Å². The molecule has 0 atom stereocenters. The summed E-state index contributed by atoms with van der Waals surface area (Å²) >= 11 is 1.07. The second kappa shape index (κ2) is 4.35. The Kier molecular flexibility index (Phi) is 2.91. The van der Waals surface area contributed by atoms with Crippen LogP contribution in [0.3, 0.4) is 0 Å². The number of aryl methyl sites for hydroxylation is 1. The zero-order valence-corrected chi connectivity index (χ0v) is 9.21. The number of carbonyl (C=O) groups is 1. The highest BCUT2D eigenvalue weighted by Gasteiger charge is 2.10. The third-order valence-electron chi connectivity index (χ3n) is 1.86.